The molecule has 0 amide bonds. The van der Waals surface area contributed by atoms with Crippen molar-refractivity contribution in [1.82, 2.24) is 0 Å². The van der Waals surface area contributed by atoms with Gasteiger partial charge in [-0.25, -0.2) is 4.79 Å². The Morgan fingerprint density at radius 3 is 1.46 bits per heavy atom. The highest BCUT2D eigenvalue weighted by Crippen LogP contribution is 2.56. The second-order valence-corrected chi connectivity index (χ2v) is 9.78. The van der Waals surface area contributed by atoms with E-state index in [1.54, 1.807) is 0 Å². The summed E-state index contributed by atoms with van der Waals surface area (Å²) in [5.74, 6) is -0.315. The maximum absolute atomic E-state index is 12.4. The Balaban J connectivity index is 0.00000280. The first-order valence-electron chi connectivity index (χ1n) is 9.08. The second-order valence-electron chi connectivity index (χ2n) is 6.30. The van der Waals surface area contributed by atoms with E-state index >= 15 is 0 Å². The molecule has 0 aliphatic carbocycles. The summed E-state index contributed by atoms with van der Waals surface area (Å²) in [5.41, 5.74) is 0.516. The van der Waals surface area contributed by atoms with Crippen LogP contribution in [0.1, 0.15) is 6.92 Å². The van der Waals surface area contributed by atoms with Crippen LogP contribution in [0.25, 0.3) is 0 Å². The average Bonchev–Trinajstić information content (AvgIpc) is 2.74. The number of carbonyl (C=O) groups is 1. The van der Waals surface area contributed by atoms with Gasteiger partial charge in [0.05, 0.1) is 12.2 Å². The van der Waals surface area contributed by atoms with E-state index in [1.807, 2.05) is 25.1 Å². The number of benzene rings is 3. The lowest BCUT2D eigenvalue weighted by Gasteiger charge is -2.28. The molecular formula is C24H24BrO2P. The zero-order chi connectivity index (χ0) is 19.1. The van der Waals surface area contributed by atoms with Crippen LogP contribution in [0.5, 0.6) is 0 Å². The molecule has 3 aromatic rings. The van der Waals surface area contributed by atoms with Crippen molar-refractivity contribution in [3.63, 3.8) is 0 Å². The first-order valence-corrected chi connectivity index (χ1v) is 11.1. The summed E-state index contributed by atoms with van der Waals surface area (Å²) in [6.45, 7) is 6.26. The van der Waals surface area contributed by atoms with Crippen LogP contribution in [-0.2, 0) is 9.53 Å². The van der Waals surface area contributed by atoms with Crippen molar-refractivity contribution >= 4 is 29.1 Å². The fourth-order valence-electron chi connectivity index (χ4n) is 3.35. The Morgan fingerprint density at radius 2 is 1.14 bits per heavy atom. The van der Waals surface area contributed by atoms with Gasteiger partial charge in [-0.15, -0.1) is 0 Å². The van der Waals surface area contributed by atoms with Crippen molar-refractivity contribution in [2.45, 2.75) is 6.92 Å². The third kappa shape index (κ3) is 4.60. The van der Waals surface area contributed by atoms with Crippen LogP contribution in [0.15, 0.2) is 103 Å². The minimum absolute atomic E-state index is 0. The van der Waals surface area contributed by atoms with Gasteiger partial charge in [0.2, 0.25) is 0 Å². The smallest absolute Gasteiger partial charge is 0.337 e. The van der Waals surface area contributed by atoms with Gasteiger partial charge in [0.25, 0.3) is 0 Å². The van der Waals surface area contributed by atoms with Gasteiger partial charge in [-0.1, -0.05) is 61.2 Å². The minimum Gasteiger partial charge on any atom is -1.00 e. The van der Waals surface area contributed by atoms with Crippen LogP contribution in [0.2, 0.25) is 0 Å². The zero-order valence-corrected chi connectivity index (χ0v) is 18.4. The predicted molar refractivity (Wildman–Crippen MR) is 116 cm³/mol. The van der Waals surface area contributed by atoms with Crippen LogP contribution in [0.4, 0.5) is 0 Å². The normalized spacial score (nSPS) is 10.6. The molecule has 3 aromatic carbocycles. The molecule has 3 rings (SSSR count). The summed E-state index contributed by atoms with van der Waals surface area (Å²) in [7, 11) is -2.09. The number of hydrogen-bond donors (Lipinski definition) is 0. The second kappa shape index (κ2) is 10.4. The molecule has 4 heteroatoms. The number of hydrogen-bond acceptors (Lipinski definition) is 2. The van der Waals surface area contributed by atoms with Crippen molar-refractivity contribution in [1.29, 1.82) is 0 Å². The monoisotopic (exact) mass is 454 g/mol. The third-order valence-electron chi connectivity index (χ3n) is 4.58. The molecule has 0 spiro atoms. The SMILES string of the molecule is C=C(C[P+](c1ccccc1)(c1ccccc1)c1ccccc1)C(=O)OCC.[Br-]. The zero-order valence-electron chi connectivity index (χ0n) is 15.9. The Kier molecular flexibility index (Phi) is 8.17. The van der Waals surface area contributed by atoms with E-state index < -0.39 is 7.26 Å². The van der Waals surface area contributed by atoms with Gasteiger partial charge < -0.3 is 21.7 Å². The molecule has 0 saturated heterocycles. The maximum Gasteiger partial charge on any atom is 0.337 e. The molecule has 0 unspecified atom stereocenters. The van der Waals surface area contributed by atoms with Gasteiger partial charge in [-0.05, 0) is 43.3 Å². The largest absolute Gasteiger partial charge is 1.00 e. The minimum atomic E-state index is -2.09. The van der Waals surface area contributed by atoms with E-state index in [4.69, 9.17) is 4.74 Å². The van der Waals surface area contributed by atoms with Crippen molar-refractivity contribution in [2.24, 2.45) is 0 Å². The fraction of sp³-hybridized carbons (Fsp3) is 0.125. The number of carbonyl (C=O) groups excluding carboxylic acids is 1. The van der Waals surface area contributed by atoms with E-state index in [-0.39, 0.29) is 23.0 Å². The highest BCUT2D eigenvalue weighted by Gasteiger charge is 2.46. The lowest BCUT2D eigenvalue weighted by Crippen LogP contribution is -3.00. The van der Waals surface area contributed by atoms with Crippen LogP contribution in [0.3, 0.4) is 0 Å². The molecule has 0 bridgehead atoms. The highest BCUT2D eigenvalue weighted by atomic mass is 79.9. The van der Waals surface area contributed by atoms with Crippen LogP contribution < -0.4 is 32.9 Å². The molecule has 144 valence electrons. The van der Waals surface area contributed by atoms with Gasteiger partial charge in [0.15, 0.2) is 0 Å². The van der Waals surface area contributed by atoms with Gasteiger partial charge in [-0.3, -0.25) is 0 Å². The van der Waals surface area contributed by atoms with Gasteiger partial charge in [0.1, 0.15) is 29.3 Å². The Labute approximate surface area is 178 Å². The summed E-state index contributed by atoms with van der Waals surface area (Å²) in [5, 5.41) is 3.69. The molecular weight excluding hydrogens is 431 g/mol. The van der Waals surface area contributed by atoms with E-state index in [0.717, 1.165) is 0 Å². The van der Waals surface area contributed by atoms with Gasteiger partial charge in [0, 0.05) is 0 Å². The van der Waals surface area contributed by atoms with E-state index in [1.165, 1.54) is 15.9 Å². The van der Waals surface area contributed by atoms with Crippen molar-refractivity contribution in [3.05, 3.63) is 103 Å². The number of esters is 1. The quantitative estimate of drug-likeness (QED) is 0.303. The fourth-order valence-corrected chi connectivity index (χ4v) is 7.54. The number of ether oxygens (including phenoxy) is 1. The lowest BCUT2D eigenvalue weighted by molar-refractivity contribution is -0.138. The summed E-state index contributed by atoms with van der Waals surface area (Å²) in [6, 6.07) is 31.4. The number of halogens is 1. The Bertz CT molecular complexity index is 799. The van der Waals surface area contributed by atoms with Gasteiger partial charge in [-0.2, -0.15) is 0 Å². The number of rotatable bonds is 7. The molecule has 0 saturated carbocycles. The summed E-state index contributed by atoms with van der Waals surface area (Å²) in [4.78, 5) is 12.4. The average molecular weight is 455 g/mol. The summed E-state index contributed by atoms with van der Waals surface area (Å²) < 4.78 is 5.24. The molecule has 0 fully saturated rings. The standard InChI is InChI=1S/C24H24O2P.BrH/c1-3-26-24(25)20(2)19-27(21-13-7-4-8-14-21,22-15-9-5-10-16-22)23-17-11-6-12-18-23;/h4-18H,2-3,19H2,1H3;1H/q+1;/p-1. The van der Waals surface area contributed by atoms with Crippen molar-refractivity contribution < 1.29 is 26.5 Å². The molecule has 0 radical (unpaired) electrons. The van der Waals surface area contributed by atoms with Crippen LogP contribution >= 0.6 is 7.26 Å². The van der Waals surface area contributed by atoms with Crippen molar-refractivity contribution in [3.8, 4) is 0 Å². The third-order valence-corrected chi connectivity index (χ3v) is 8.98. The van der Waals surface area contributed by atoms with Crippen molar-refractivity contribution in [2.75, 3.05) is 12.8 Å². The summed E-state index contributed by atoms with van der Waals surface area (Å²) >= 11 is 0. The molecule has 28 heavy (non-hydrogen) atoms. The molecule has 0 aliphatic heterocycles. The topological polar surface area (TPSA) is 26.3 Å². The maximum atomic E-state index is 12.4. The first-order chi connectivity index (χ1) is 13.2. The Morgan fingerprint density at radius 1 is 0.786 bits per heavy atom. The van der Waals surface area contributed by atoms with E-state index in [9.17, 15) is 4.79 Å². The van der Waals surface area contributed by atoms with E-state index in [2.05, 4.69) is 79.4 Å². The summed E-state index contributed by atoms with van der Waals surface area (Å²) in [6.07, 6.45) is 0.559. The molecule has 2 nitrogen and oxygen atoms in total. The van der Waals surface area contributed by atoms with Crippen LogP contribution in [-0.4, -0.2) is 18.7 Å². The molecule has 0 heterocycles. The van der Waals surface area contributed by atoms with Gasteiger partial charge >= 0.3 is 5.97 Å². The lowest BCUT2D eigenvalue weighted by atomic mass is 10.3. The van der Waals surface area contributed by atoms with E-state index in [0.29, 0.717) is 18.3 Å². The molecule has 0 aliphatic rings. The Hall–Kier alpha value is -2.22. The molecule has 0 atom stereocenters. The van der Waals surface area contributed by atoms with Crippen LogP contribution in [0, 0.1) is 0 Å². The highest BCUT2D eigenvalue weighted by molar-refractivity contribution is 7.95. The molecule has 0 aromatic heterocycles. The predicted octanol–water partition coefficient (Wildman–Crippen LogP) is 1.10. The first kappa shape index (κ1) is 22.1. The molecule has 0 N–H and O–H groups in total.